The predicted octanol–water partition coefficient (Wildman–Crippen LogP) is 0.818. The molecule has 0 aliphatic carbocycles. The number of nitrogens with one attached hydrogen (secondary N) is 1. The van der Waals surface area contributed by atoms with E-state index < -0.39 is 0 Å². The van der Waals surface area contributed by atoms with Gasteiger partial charge in [0.05, 0.1) is 11.8 Å². The van der Waals surface area contributed by atoms with E-state index in [-0.39, 0.29) is 5.91 Å². The fourth-order valence-electron chi connectivity index (χ4n) is 2.19. The summed E-state index contributed by atoms with van der Waals surface area (Å²) in [5.74, 6) is 0.107. The molecule has 1 fully saturated rings. The fourth-order valence-corrected chi connectivity index (χ4v) is 2.19. The van der Waals surface area contributed by atoms with Crippen molar-refractivity contribution in [3.63, 3.8) is 0 Å². The minimum Gasteiger partial charge on any atom is -0.336 e. The van der Waals surface area contributed by atoms with Crippen LogP contribution in [0.25, 0.3) is 0 Å². The van der Waals surface area contributed by atoms with E-state index in [1.54, 1.807) is 6.20 Å². The summed E-state index contributed by atoms with van der Waals surface area (Å²) in [6, 6.07) is 0.291. The average molecular weight is 236 g/mol. The second-order valence-electron chi connectivity index (χ2n) is 4.72. The second kappa shape index (κ2) is 4.87. The number of hydrogen-bond donors (Lipinski definition) is 1. The maximum absolute atomic E-state index is 12.3. The number of piperazine rings is 1. The molecule has 1 aliphatic heterocycles. The summed E-state index contributed by atoms with van der Waals surface area (Å²) < 4.78 is 1.90. The molecule has 1 N–H and O–H groups in total. The van der Waals surface area contributed by atoms with Crippen molar-refractivity contribution in [1.82, 2.24) is 20.0 Å². The van der Waals surface area contributed by atoms with Crippen LogP contribution in [0.3, 0.4) is 0 Å². The molecule has 1 aliphatic rings. The van der Waals surface area contributed by atoms with Crippen LogP contribution in [0.4, 0.5) is 0 Å². The van der Waals surface area contributed by atoms with Crippen molar-refractivity contribution in [2.45, 2.75) is 26.8 Å². The minimum absolute atomic E-state index is 0.107. The maximum atomic E-state index is 12.3. The van der Waals surface area contributed by atoms with Crippen molar-refractivity contribution < 1.29 is 4.79 Å². The largest absolute Gasteiger partial charge is 0.336 e. The van der Waals surface area contributed by atoms with Gasteiger partial charge in [-0.05, 0) is 20.8 Å². The molecule has 1 aromatic heterocycles. The van der Waals surface area contributed by atoms with Crippen molar-refractivity contribution in [3.05, 3.63) is 17.5 Å². The Morgan fingerprint density at radius 2 is 2.06 bits per heavy atom. The van der Waals surface area contributed by atoms with Crippen LogP contribution >= 0.6 is 0 Å². The molecule has 1 amide bonds. The molecule has 0 aromatic carbocycles. The van der Waals surface area contributed by atoms with Gasteiger partial charge in [-0.25, -0.2) is 0 Å². The Morgan fingerprint density at radius 3 is 2.59 bits per heavy atom. The quantitative estimate of drug-likeness (QED) is 0.827. The van der Waals surface area contributed by atoms with Gasteiger partial charge in [0.25, 0.3) is 5.91 Å². The highest BCUT2D eigenvalue weighted by molar-refractivity contribution is 5.95. The van der Waals surface area contributed by atoms with Crippen LogP contribution in [-0.4, -0.2) is 46.8 Å². The van der Waals surface area contributed by atoms with Crippen molar-refractivity contribution in [2.75, 3.05) is 26.2 Å². The van der Waals surface area contributed by atoms with Crippen LogP contribution < -0.4 is 5.32 Å². The molecule has 0 spiro atoms. The lowest BCUT2D eigenvalue weighted by Crippen LogP contribution is -2.46. The van der Waals surface area contributed by atoms with Gasteiger partial charge in [-0.1, -0.05) is 0 Å². The third-order valence-electron chi connectivity index (χ3n) is 3.17. The van der Waals surface area contributed by atoms with E-state index in [0.717, 1.165) is 37.4 Å². The molecule has 0 unspecified atom stereocenters. The zero-order valence-corrected chi connectivity index (χ0v) is 10.7. The SMILES string of the molecule is Cc1c(C(=O)N2CCNCC2)cnn1C(C)C. The third kappa shape index (κ3) is 2.34. The highest BCUT2D eigenvalue weighted by Gasteiger charge is 2.22. The van der Waals surface area contributed by atoms with Gasteiger partial charge in [0.2, 0.25) is 0 Å². The molecule has 17 heavy (non-hydrogen) atoms. The Balaban J connectivity index is 2.19. The molecular weight excluding hydrogens is 216 g/mol. The van der Waals surface area contributed by atoms with Crippen molar-refractivity contribution in [1.29, 1.82) is 0 Å². The Kier molecular flexibility index (Phi) is 3.47. The molecule has 0 radical (unpaired) electrons. The molecule has 1 saturated heterocycles. The molecule has 5 heteroatoms. The monoisotopic (exact) mass is 236 g/mol. The lowest BCUT2D eigenvalue weighted by atomic mass is 10.2. The predicted molar refractivity (Wildman–Crippen MR) is 66.1 cm³/mol. The second-order valence-corrected chi connectivity index (χ2v) is 4.72. The number of nitrogens with zero attached hydrogens (tertiary/aromatic N) is 3. The number of carbonyl (C=O) groups excluding carboxylic acids is 1. The molecular formula is C12H20N4O. The van der Waals surface area contributed by atoms with Crippen LogP contribution in [0, 0.1) is 6.92 Å². The molecule has 5 nitrogen and oxygen atoms in total. The van der Waals surface area contributed by atoms with E-state index in [0.29, 0.717) is 6.04 Å². The first-order chi connectivity index (χ1) is 8.11. The third-order valence-corrected chi connectivity index (χ3v) is 3.17. The van der Waals surface area contributed by atoms with E-state index >= 15 is 0 Å². The zero-order valence-electron chi connectivity index (χ0n) is 10.7. The van der Waals surface area contributed by atoms with Crippen molar-refractivity contribution in [3.8, 4) is 0 Å². The molecule has 0 atom stereocenters. The summed E-state index contributed by atoms with van der Waals surface area (Å²) >= 11 is 0. The summed E-state index contributed by atoms with van der Waals surface area (Å²) in [7, 11) is 0. The first-order valence-corrected chi connectivity index (χ1v) is 6.15. The van der Waals surface area contributed by atoms with Gasteiger partial charge in [-0.2, -0.15) is 5.10 Å². The maximum Gasteiger partial charge on any atom is 0.257 e. The average Bonchev–Trinajstić information content (AvgIpc) is 2.71. The fraction of sp³-hybridized carbons (Fsp3) is 0.667. The van der Waals surface area contributed by atoms with Gasteiger partial charge < -0.3 is 10.2 Å². The van der Waals surface area contributed by atoms with Crippen LogP contribution in [0.5, 0.6) is 0 Å². The van der Waals surface area contributed by atoms with Gasteiger partial charge in [0, 0.05) is 37.9 Å². The summed E-state index contributed by atoms with van der Waals surface area (Å²) in [5.41, 5.74) is 1.70. The van der Waals surface area contributed by atoms with Gasteiger partial charge in [0.15, 0.2) is 0 Å². The summed E-state index contributed by atoms with van der Waals surface area (Å²) in [4.78, 5) is 14.2. The zero-order chi connectivity index (χ0) is 12.4. The molecule has 0 saturated carbocycles. The Bertz CT molecular complexity index is 405. The van der Waals surface area contributed by atoms with Crippen LogP contribution in [0.1, 0.15) is 35.9 Å². The highest BCUT2D eigenvalue weighted by atomic mass is 16.2. The molecule has 94 valence electrons. The van der Waals surface area contributed by atoms with Crippen LogP contribution in [0.15, 0.2) is 6.20 Å². The molecule has 0 bridgehead atoms. The van der Waals surface area contributed by atoms with Crippen molar-refractivity contribution in [2.24, 2.45) is 0 Å². The lowest BCUT2D eigenvalue weighted by Gasteiger charge is -2.27. The normalized spacial score (nSPS) is 16.6. The smallest absolute Gasteiger partial charge is 0.257 e. The lowest BCUT2D eigenvalue weighted by molar-refractivity contribution is 0.0735. The highest BCUT2D eigenvalue weighted by Crippen LogP contribution is 2.15. The van der Waals surface area contributed by atoms with Gasteiger partial charge in [-0.3, -0.25) is 9.48 Å². The number of carbonyl (C=O) groups is 1. The standard InChI is InChI=1S/C12H20N4O/c1-9(2)16-10(3)11(8-14-16)12(17)15-6-4-13-5-7-15/h8-9,13H,4-7H2,1-3H3. The van der Waals surface area contributed by atoms with E-state index in [9.17, 15) is 4.79 Å². The minimum atomic E-state index is 0.107. The Morgan fingerprint density at radius 1 is 1.41 bits per heavy atom. The summed E-state index contributed by atoms with van der Waals surface area (Å²) in [5, 5.41) is 7.53. The van der Waals surface area contributed by atoms with E-state index in [4.69, 9.17) is 0 Å². The van der Waals surface area contributed by atoms with E-state index in [1.807, 2.05) is 16.5 Å². The summed E-state index contributed by atoms with van der Waals surface area (Å²) in [6.45, 7) is 9.42. The molecule has 2 heterocycles. The van der Waals surface area contributed by atoms with Gasteiger partial charge in [0.1, 0.15) is 0 Å². The first kappa shape index (κ1) is 12.1. The van der Waals surface area contributed by atoms with Gasteiger partial charge in [-0.15, -0.1) is 0 Å². The number of amides is 1. The summed E-state index contributed by atoms with van der Waals surface area (Å²) in [6.07, 6.45) is 1.69. The van der Waals surface area contributed by atoms with E-state index in [2.05, 4.69) is 24.3 Å². The van der Waals surface area contributed by atoms with Crippen LogP contribution in [0.2, 0.25) is 0 Å². The van der Waals surface area contributed by atoms with Gasteiger partial charge >= 0.3 is 0 Å². The number of hydrogen-bond acceptors (Lipinski definition) is 3. The topological polar surface area (TPSA) is 50.2 Å². The van der Waals surface area contributed by atoms with Crippen molar-refractivity contribution >= 4 is 5.91 Å². The molecule has 2 rings (SSSR count). The first-order valence-electron chi connectivity index (χ1n) is 6.15. The van der Waals surface area contributed by atoms with E-state index in [1.165, 1.54) is 0 Å². The Labute approximate surface area is 102 Å². The Hall–Kier alpha value is -1.36. The number of aromatic nitrogens is 2. The molecule has 1 aromatic rings. The van der Waals surface area contributed by atoms with Crippen LogP contribution in [-0.2, 0) is 0 Å². The number of rotatable bonds is 2.